The van der Waals surface area contributed by atoms with Gasteiger partial charge in [-0.1, -0.05) is 25.3 Å². The van der Waals surface area contributed by atoms with E-state index in [1.165, 1.54) is 5.56 Å². The fourth-order valence-corrected chi connectivity index (χ4v) is 4.18. The Morgan fingerprint density at radius 2 is 1.93 bits per heavy atom. The number of pyridine rings is 1. The standard InChI is InChI=1S/C21H28N2O4/c24-19(17-9-2-1-3-10-17)20(25)27-21(26)23-14-6-12-18(23)11-4-7-16-8-5-13-22-15-16/h5,8,13,15,17-18H,1-4,6-7,9-12,14H2/t18-/m0/s1. The van der Waals surface area contributed by atoms with Crippen LogP contribution in [0.1, 0.15) is 63.4 Å². The lowest BCUT2D eigenvalue weighted by molar-refractivity contribution is -0.152. The molecular weight excluding hydrogens is 344 g/mol. The van der Waals surface area contributed by atoms with Crippen LogP contribution in [0.4, 0.5) is 4.79 Å². The second kappa shape index (κ2) is 9.62. The molecule has 3 rings (SSSR count). The first-order valence-corrected chi connectivity index (χ1v) is 10.1. The summed E-state index contributed by atoms with van der Waals surface area (Å²) in [6, 6.07) is 4.04. The van der Waals surface area contributed by atoms with Crippen molar-refractivity contribution in [2.24, 2.45) is 5.92 Å². The molecule has 0 N–H and O–H groups in total. The molecule has 0 aromatic carbocycles. The van der Waals surface area contributed by atoms with Gasteiger partial charge in [0, 0.05) is 30.9 Å². The predicted molar refractivity (Wildman–Crippen MR) is 100.0 cm³/mol. The number of hydrogen-bond donors (Lipinski definition) is 0. The molecule has 6 nitrogen and oxygen atoms in total. The highest BCUT2D eigenvalue weighted by Crippen LogP contribution is 2.26. The Bertz CT molecular complexity index is 655. The first-order valence-electron chi connectivity index (χ1n) is 10.1. The van der Waals surface area contributed by atoms with Crippen LogP contribution >= 0.6 is 0 Å². The largest absolute Gasteiger partial charge is 0.418 e. The molecule has 0 bridgehead atoms. The van der Waals surface area contributed by atoms with Gasteiger partial charge >= 0.3 is 12.1 Å². The monoisotopic (exact) mass is 372 g/mol. The number of esters is 1. The number of ketones is 1. The summed E-state index contributed by atoms with van der Waals surface area (Å²) in [5.74, 6) is -1.78. The molecule has 2 heterocycles. The van der Waals surface area contributed by atoms with Crippen molar-refractivity contribution in [3.05, 3.63) is 30.1 Å². The second-order valence-electron chi connectivity index (χ2n) is 7.60. The van der Waals surface area contributed by atoms with E-state index in [0.717, 1.165) is 64.2 Å². The average molecular weight is 372 g/mol. The van der Waals surface area contributed by atoms with Crippen molar-refractivity contribution < 1.29 is 19.1 Å². The quantitative estimate of drug-likeness (QED) is 0.432. The summed E-state index contributed by atoms with van der Waals surface area (Å²) in [6.45, 7) is 0.585. The minimum Gasteiger partial charge on any atom is -0.370 e. The van der Waals surface area contributed by atoms with E-state index < -0.39 is 17.8 Å². The molecule has 1 atom stereocenters. The topological polar surface area (TPSA) is 76.6 Å². The van der Waals surface area contributed by atoms with Gasteiger partial charge in [-0.2, -0.15) is 0 Å². The number of ether oxygens (including phenoxy) is 1. The van der Waals surface area contributed by atoms with Crippen LogP contribution in [-0.2, 0) is 20.7 Å². The van der Waals surface area contributed by atoms with Crippen molar-refractivity contribution in [3.8, 4) is 0 Å². The van der Waals surface area contributed by atoms with Crippen molar-refractivity contribution in [2.75, 3.05) is 6.54 Å². The van der Waals surface area contributed by atoms with Gasteiger partial charge in [-0.3, -0.25) is 9.78 Å². The lowest BCUT2D eigenvalue weighted by Crippen LogP contribution is -2.39. The Kier molecular flexibility index (Phi) is 6.96. The molecule has 0 unspecified atom stereocenters. The number of aryl methyl sites for hydroxylation is 1. The van der Waals surface area contributed by atoms with Crippen LogP contribution in [0.5, 0.6) is 0 Å². The van der Waals surface area contributed by atoms with E-state index in [9.17, 15) is 14.4 Å². The van der Waals surface area contributed by atoms with Gasteiger partial charge in [0.05, 0.1) is 0 Å². The van der Waals surface area contributed by atoms with E-state index in [0.29, 0.717) is 6.54 Å². The van der Waals surface area contributed by atoms with E-state index in [-0.39, 0.29) is 12.0 Å². The van der Waals surface area contributed by atoms with Gasteiger partial charge in [-0.05, 0) is 56.6 Å². The van der Waals surface area contributed by atoms with Crippen molar-refractivity contribution in [3.63, 3.8) is 0 Å². The zero-order valence-electron chi connectivity index (χ0n) is 15.8. The van der Waals surface area contributed by atoms with Crippen molar-refractivity contribution in [2.45, 2.75) is 70.3 Å². The normalized spacial score (nSPS) is 20.4. The summed E-state index contributed by atoms with van der Waals surface area (Å²) in [4.78, 5) is 42.4. The molecule has 1 amide bonds. The number of nitrogens with zero attached hydrogens (tertiary/aromatic N) is 2. The van der Waals surface area contributed by atoms with Crippen molar-refractivity contribution in [1.82, 2.24) is 9.88 Å². The molecule has 27 heavy (non-hydrogen) atoms. The highest BCUT2D eigenvalue weighted by Gasteiger charge is 2.34. The van der Waals surface area contributed by atoms with Crippen molar-refractivity contribution >= 4 is 17.8 Å². The number of rotatable bonds is 6. The van der Waals surface area contributed by atoms with E-state index in [4.69, 9.17) is 4.74 Å². The van der Waals surface area contributed by atoms with Crippen LogP contribution in [0.2, 0.25) is 0 Å². The predicted octanol–water partition coefficient (Wildman–Crippen LogP) is 3.68. The zero-order valence-corrected chi connectivity index (χ0v) is 15.8. The van der Waals surface area contributed by atoms with E-state index >= 15 is 0 Å². The van der Waals surface area contributed by atoms with Gasteiger partial charge in [0.25, 0.3) is 0 Å². The Morgan fingerprint density at radius 1 is 1.11 bits per heavy atom. The van der Waals surface area contributed by atoms with Crippen LogP contribution in [0.25, 0.3) is 0 Å². The van der Waals surface area contributed by atoms with Crippen LogP contribution in [0, 0.1) is 5.92 Å². The Hall–Kier alpha value is -2.24. The number of amides is 1. The van der Waals surface area contributed by atoms with Crippen molar-refractivity contribution in [1.29, 1.82) is 0 Å². The zero-order chi connectivity index (χ0) is 19.1. The molecule has 1 aliphatic heterocycles. The lowest BCUT2D eigenvalue weighted by atomic mass is 9.86. The maximum absolute atomic E-state index is 12.4. The molecule has 1 aromatic rings. The van der Waals surface area contributed by atoms with E-state index in [1.54, 1.807) is 11.1 Å². The highest BCUT2D eigenvalue weighted by molar-refractivity contribution is 6.35. The fraction of sp³-hybridized carbons (Fsp3) is 0.619. The smallest absolute Gasteiger partial charge is 0.370 e. The fourth-order valence-electron chi connectivity index (χ4n) is 4.18. The number of likely N-dealkylation sites (tertiary alicyclic amines) is 1. The summed E-state index contributed by atoms with van der Waals surface area (Å²) >= 11 is 0. The SMILES string of the molecule is O=C(OC(=O)N1CCC[C@@H]1CCCc1cccnc1)C(=O)C1CCCCC1. The maximum atomic E-state index is 12.4. The van der Waals surface area contributed by atoms with E-state index in [2.05, 4.69) is 4.98 Å². The third-order valence-corrected chi connectivity index (χ3v) is 5.69. The third kappa shape index (κ3) is 5.37. The molecule has 1 aromatic heterocycles. The van der Waals surface area contributed by atoms with Gasteiger partial charge in [0.1, 0.15) is 0 Å². The molecule has 0 spiro atoms. The summed E-state index contributed by atoms with van der Waals surface area (Å²) in [5.41, 5.74) is 1.18. The molecule has 1 saturated heterocycles. The van der Waals surface area contributed by atoms with E-state index in [1.807, 2.05) is 18.3 Å². The minimum absolute atomic E-state index is 0.0757. The molecule has 2 aliphatic rings. The number of hydrogen-bond acceptors (Lipinski definition) is 5. The van der Waals surface area contributed by atoms with Crippen LogP contribution in [-0.4, -0.2) is 40.3 Å². The maximum Gasteiger partial charge on any atom is 0.418 e. The van der Waals surface area contributed by atoms with Gasteiger partial charge in [-0.25, -0.2) is 9.59 Å². The number of carbonyl (C=O) groups excluding carboxylic acids is 3. The summed E-state index contributed by atoms with van der Waals surface area (Å²) < 4.78 is 4.93. The Labute approximate surface area is 160 Å². The Morgan fingerprint density at radius 3 is 2.67 bits per heavy atom. The molecule has 1 saturated carbocycles. The molecule has 2 fully saturated rings. The summed E-state index contributed by atoms with van der Waals surface area (Å²) in [6.07, 6.45) is 11.9. The average Bonchev–Trinajstić information content (AvgIpc) is 3.17. The summed E-state index contributed by atoms with van der Waals surface area (Å²) in [7, 11) is 0. The number of aromatic nitrogens is 1. The lowest BCUT2D eigenvalue weighted by Gasteiger charge is -2.24. The number of carbonyl (C=O) groups is 3. The van der Waals surface area contributed by atoms with Crippen LogP contribution < -0.4 is 0 Å². The molecule has 0 radical (unpaired) electrons. The van der Waals surface area contributed by atoms with Gasteiger partial charge in [0.15, 0.2) is 0 Å². The highest BCUT2D eigenvalue weighted by atomic mass is 16.6. The Balaban J connectivity index is 1.46. The second-order valence-corrected chi connectivity index (χ2v) is 7.60. The first kappa shape index (κ1) is 19.5. The molecule has 1 aliphatic carbocycles. The van der Waals surface area contributed by atoms with Gasteiger partial charge < -0.3 is 9.64 Å². The third-order valence-electron chi connectivity index (χ3n) is 5.69. The molecular formula is C21H28N2O4. The molecule has 146 valence electrons. The molecule has 6 heteroatoms. The van der Waals surface area contributed by atoms with Gasteiger partial charge in [-0.15, -0.1) is 0 Å². The summed E-state index contributed by atoms with van der Waals surface area (Å²) in [5, 5.41) is 0. The number of Topliss-reactive ketones (excluding diaryl/α,β-unsaturated/α-hetero) is 1. The minimum atomic E-state index is -0.979. The van der Waals surface area contributed by atoms with Gasteiger partial charge in [0.2, 0.25) is 5.78 Å². The van der Waals surface area contributed by atoms with Crippen LogP contribution in [0.15, 0.2) is 24.5 Å². The first-order chi connectivity index (χ1) is 13.1. The van der Waals surface area contributed by atoms with Crippen LogP contribution in [0.3, 0.4) is 0 Å².